The van der Waals surface area contributed by atoms with Crippen LogP contribution in [0.4, 0.5) is 4.39 Å². The third kappa shape index (κ3) is 5.61. The number of fused-ring (bicyclic) bond motifs is 5. The minimum Gasteiger partial charge on any atom is -0.460 e. The van der Waals surface area contributed by atoms with Crippen LogP contribution in [0.1, 0.15) is 55.5 Å². The molecular weight excluding hydrogens is 635 g/mol. The minimum absolute atomic E-state index is 0.0243. The minimum atomic E-state index is -2.50. The molecule has 2 saturated carbocycles. The molecule has 0 spiro atoms. The van der Waals surface area contributed by atoms with E-state index < -0.39 is 88.2 Å². The first-order chi connectivity index (χ1) is 22.5. The van der Waals surface area contributed by atoms with Crippen LogP contribution in [-0.2, 0) is 35.1 Å². The van der Waals surface area contributed by atoms with E-state index in [2.05, 4.69) is 4.84 Å². The topological polar surface area (TPSA) is 226 Å². The summed E-state index contributed by atoms with van der Waals surface area (Å²) >= 11 is 0. The molecule has 260 valence electrons. The monoisotopic (exact) mass is 674 g/mol. The lowest BCUT2D eigenvalue weighted by Gasteiger charge is -2.61. The molecule has 1 aromatic carbocycles. The van der Waals surface area contributed by atoms with Crippen LogP contribution in [-0.4, -0.2) is 93.3 Å². The first-order valence-corrected chi connectivity index (χ1v) is 15.7. The average Bonchev–Trinajstić information content (AvgIpc) is 3.24. The second kappa shape index (κ2) is 12.8. The highest BCUT2D eigenvalue weighted by Crippen LogP contribution is 2.69. The Hall–Kier alpha value is -4.05. The molecule has 0 aromatic heterocycles. The van der Waals surface area contributed by atoms with Gasteiger partial charge in [0.25, 0.3) is 5.09 Å². The number of ether oxygens (including phenoxy) is 2. The molecule has 1 unspecified atom stereocenters. The summed E-state index contributed by atoms with van der Waals surface area (Å²) in [5.41, 5.74) is -0.385. The van der Waals surface area contributed by atoms with Gasteiger partial charge >= 0.3 is 11.9 Å². The van der Waals surface area contributed by atoms with E-state index in [1.807, 2.05) is 0 Å². The number of benzene rings is 1. The number of halogens is 1. The van der Waals surface area contributed by atoms with Gasteiger partial charge in [-0.2, -0.15) is 0 Å². The van der Waals surface area contributed by atoms with Gasteiger partial charge in [0.1, 0.15) is 19.3 Å². The smallest absolute Gasteiger partial charge is 0.338 e. The number of nitrogens with two attached hydrogens (primary N) is 1. The van der Waals surface area contributed by atoms with Crippen molar-refractivity contribution in [2.24, 2.45) is 28.4 Å². The molecule has 14 nitrogen and oxygen atoms in total. The fourth-order valence-corrected chi connectivity index (χ4v) is 8.35. The normalized spacial score (nSPS) is 35.7. The lowest BCUT2D eigenvalue weighted by molar-refractivity contribution is -0.757. The Labute approximate surface area is 274 Å². The summed E-state index contributed by atoms with van der Waals surface area (Å²) in [6.07, 6.45) is 1.09. The van der Waals surface area contributed by atoms with Gasteiger partial charge in [0.05, 0.1) is 17.8 Å². The van der Waals surface area contributed by atoms with Crippen molar-refractivity contribution >= 4 is 23.5 Å². The van der Waals surface area contributed by atoms with E-state index >= 15 is 4.39 Å². The van der Waals surface area contributed by atoms with Crippen LogP contribution in [0.3, 0.4) is 0 Å². The predicted molar refractivity (Wildman–Crippen MR) is 162 cm³/mol. The van der Waals surface area contributed by atoms with Crippen LogP contribution in [0.25, 0.3) is 0 Å². The number of carbonyl (C=O) groups is 4. The average molecular weight is 675 g/mol. The van der Waals surface area contributed by atoms with Crippen LogP contribution in [0.5, 0.6) is 0 Å². The summed E-state index contributed by atoms with van der Waals surface area (Å²) in [7, 11) is 0. The largest absolute Gasteiger partial charge is 0.460 e. The SMILES string of the molecule is C[C@]12C=CC(=O)CC1=CC[C@H]1[C@@H]3C[C@@H](O)[C@](O)(C(=O)COC(=O)C(N)COC(=O)c4ccc(CCO[N+](=O)[O-])cc4)[C@@]3(C)C[C@H](O)[C@@]12F. The highest BCUT2D eigenvalue weighted by Gasteiger charge is 2.76. The summed E-state index contributed by atoms with van der Waals surface area (Å²) in [6, 6.07) is 4.42. The molecule has 4 aliphatic rings. The van der Waals surface area contributed by atoms with Crippen molar-refractivity contribution in [1.82, 2.24) is 0 Å². The lowest BCUT2D eigenvalue weighted by Crippen LogP contribution is -2.69. The van der Waals surface area contributed by atoms with E-state index in [1.54, 1.807) is 25.1 Å². The third-order valence-electron chi connectivity index (χ3n) is 11.1. The molecule has 0 radical (unpaired) electrons. The summed E-state index contributed by atoms with van der Waals surface area (Å²) < 4.78 is 27.4. The van der Waals surface area contributed by atoms with Crippen molar-refractivity contribution in [3.8, 4) is 0 Å². The number of rotatable bonds is 11. The zero-order valence-electron chi connectivity index (χ0n) is 26.5. The second-order valence-electron chi connectivity index (χ2n) is 13.5. The standard InChI is InChI=1S/C33H39FN2O12/c1-30-11-9-21(37)13-20(30)7-8-22-23-14-25(38)33(43,31(23,2)15-26(39)32(22,30)34)27(40)17-47-29(42)24(35)16-46-28(41)19-5-3-18(4-6-19)10-12-48-36(44)45/h3-7,9,11,22-26,38-39,43H,8,10,12-17,35H2,1-2H3/t22-,23-,24?,25+,26-,30-,31-,32-,33-/m0/s1. The Balaban J connectivity index is 1.20. The van der Waals surface area contributed by atoms with Crippen molar-refractivity contribution in [2.75, 3.05) is 19.8 Å². The highest BCUT2D eigenvalue weighted by atomic mass is 19.1. The molecule has 48 heavy (non-hydrogen) atoms. The summed E-state index contributed by atoms with van der Waals surface area (Å²) in [4.78, 5) is 65.1. The van der Waals surface area contributed by atoms with E-state index in [-0.39, 0.29) is 50.1 Å². The maximum atomic E-state index is 17.3. The van der Waals surface area contributed by atoms with Crippen molar-refractivity contribution < 1.29 is 58.3 Å². The quantitative estimate of drug-likeness (QED) is 0.112. The number of esters is 2. The number of alkyl halides is 1. The molecule has 0 saturated heterocycles. The van der Waals surface area contributed by atoms with Crippen molar-refractivity contribution in [3.63, 3.8) is 0 Å². The van der Waals surface area contributed by atoms with Crippen LogP contribution in [0, 0.1) is 32.8 Å². The molecule has 0 amide bonds. The fourth-order valence-electron chi connectivity index (χ4n) is 8.35. The van der Waals surface area contributed by atoms with Gasteiger partial charge in [-0.25, -0.2) is 9.18 Å². The molecule has 9 atom stereocenters. The maximum Gasteiger partial charge on any atom is 0.338 e. The van der Waals surface area contributed by atoms with Crippen molar-refractivity contribution in [3.05, 3.63) is 69.3 Å². The number of aliphatic hydroxyl groups is 3. The molecule has 0 heterocycles. The zero-order valence-corrected chi connectivity index (χ0v) is 26.5. The van der Waals surface area contributed by atoms with Gasteiger partial charge in [-0.05, 0) is 62.3 Å². The summed E-state index contributed by atoms with van der Waals surface area (Å²) in [6.45, 7) is 1.37. The fraction of sp³-hybridized carbons (Fsp3) is 0.576. The van der Waals surface area contributed by atoms with E-state index in [0.717, 1.165) is 0 Å². The zero-order chi connectivity index (χ0) is 35.2. The molecule has 1 aromatic rings. The Morgan fingerprint density at radius 3 is 2.48 bits per heavy atom. The molecule has 4 aliphatic carbocycles. The first kappa shape index (κ1) is 35.3. The Bertz CT molecular complexity index is 1560. The number of ketones is 2. The van der Waals surface area contributed by atoms with Gasteiger partial charge < -0.3 is 35.4 Å². The van der Waals surface area contributed by atoms with Crippen LogP contribution in [0.2, 0.25) is 0 Å². The molecule has 2 fully saturated rings. The van der Waals surface area contributed by atoms with E-state index in [4.69, 9.17) is 15.2 Å². The first-order valence-electron chi connectivity index (χ1n) is 15.7. The van der Waals surface area contributed by atoms with E-state index in [0.29, 0.717) is 11.1 Å². The predicted octanol–water partition coefficient (Wildman–Crippen LogP) is 1.11. The number of nitrogens with zero attached hydrogens (tertiary/aromatic N) is 1. The van der Waals surface area contributed by atoms with Crippen LogP contribution in [0.15, 0.2) is 48.1 Å². The van der Waals surface area contributed by atoms with Gasteiger partial charge in [0.2, 0.25) is 5.78 Å². The molecule has 15 heteroatoms. The van der Waals surface area contributed by atoms with Gasteiger partial charge in [0.15, 0.2) is 23.7 Å². The number of carbonyl (C=O) groups excluding carboxylic acids is 4. The lowest BCUT2D eigenvalue weighted by atomic mass is 9.45. The summed E-state index contributed by atoms with van der Waals surface area (Å²) in [5.74, 6) is -4.83. The second-order valence-corrected chi connectivity index (χ2v) is 13.5. The van der Waals surface area contributed by atoms with Gasteiger partial charge in [-0.15, -0.1) is 10.1 Å². The van der Waals surface area contributed by atoms with E-state index in [1.165, 1.54) is 31.2 Å². The number of aliphatic hydroxyl groups excluding tert-OH is 2. The molecular formula is C33H39FN2O12. The Morgan fingerprint density at radius 1 is 1.12 bits per heavy atom. The van der Waals surface area contributed by atoms with Gasteiger partial charge in [0, 0.05) is 23.2 Å². The van der Waals surface area contributed by atoms with Crippen LogP contribution < -0.4 is 5.73 Å². The summed E-state index contributed by atoms with van der Waals surface area (Å²) in [5, 5.41) is 43.7. The Kier molecular flexibility index (Phi) is 9.38. The van der Waals surface area contributed by atoms with E-state index in [9.17, 15) is 44.6 Å². The van der Waals surface area contributed by atoms with Gasteiger partial charge in [-0.1, -0.05) is 36.8 Å². The molecule has 0 bridgehead atoms. The third-order valence-corrected chi connectivity index (χ3v) is 11.1. The molecule has 0 aliphatic heterocycles. The number of Topliss-reactive ketones (excluding diaryl/α,β-unsaturated/α-hetero) is 1. The van der Waals surface area contributed by atoms with Gasteiger partial charge in [-0.3, -0.25) is 14.4 Å². The number of hydrogen-bond acceptors (Lipinski definition) is 13. The highest BCUT2D eigenvalue weighted by molar-refractivity contribution is 5.94. The van der Waals surface area contributed by atoms with Crippen LogP contribution >= 0.6 is 0 Å². The molecule has 5 rings (SSSR count). The molecule has 5 N–H and O–H groups in total. The van der Waals surface area contributed by atoms with Crippen molar-refractivity contribution in [1.29, 1.82) is 0 Å². The number of hydrogen-bond donors (Lipinski definition) is 4. The maximum absolute atomic E-state index is 17.3. The number of allylic oxidation sites excluding steroid dienone is 4. The Morgan fingerprint density at radius 2 is 1.81 bits per heavy atom. The van der Waals surface area contributed by atoms with Crippen molar-refractivity contribution in [2.45, 2.75) is 75.5 Å².